The van der Waals surface area contributed by atoms with E-state index in [0.717, 1.165) is 11.8 Å². The Morgan fingerprint density at radius 3 is 2.75 bits per heavy atom. The van der Waals surface area contributed by atoms with Crippen molar-refractivity contribution in [3.63, 3.8) is 0 Å². The molecule has 5 heteroatoms. The summed E-state index contributed by atoms with van der Waals surface area (Å²) < 4.78 is 0. The van der Waals surface area contributed by atoms with E-state index in [0.29, 0.717) is 12.1 Å². The van der Waals surface area contributed by atoms with Crippen molar-refractivity contribution in [3.8, 4) is 0 Å². The van der Waals surface area contributed by atoms with E-state index in [-0.39, 0.29) is 24.8 Å². The first-order valence-electron chi connectivity index (χ1n) is 7.15. The maximum atomic E-state index is 6.28. The van der Waals surface area contributed by atoms with Crippen LogP contribution in [0.2, 0.25) is 0 Å². The maximum Gasteiger partial charge on any atom is 0.0335 e. The largest absolute Gasteiger partial charge is 0.327 e. The minimum Gasteiger partial charge on any atom is -0.327 e. The van der Waals surface area contributed by atoms with Crippen LogP contribution in [0.15, 0.2) is 24.5 Å². The van der Waals surface area contributed by atoms with E-state index in [1.165, 1.54) is 37.9 Å². The SMILES string of the molecule is CC(c1cccnc1)N1CC2CCCC(N)C2C1.Cl.Cl. The second-order valence-electron chi connectivity index (χ2n) is 5.93. The van der Waals surface area contributed by atoms with Gasteiger partial charge in [-0.25, -0.2) is 0 Å². The number of rotatable bonds is 2. The molecule has 2 N–H and O–H groups in total. The first kappa shape index (κ1) is 17.7. The molecule has 2 heterocycles. The lowest BCUT2D eigenvalue weighted by molar-refractivity contribution is 0.245. The van der Waals surface area contributed by atoms with Crippen molar-refractivity contribution in [2.45, 2.75) is 38.3 Å². The number of nitrogens with two attached hydrogens (primary N) is 1. The molecule has 0 spiro atoms. The Morgan fingerprint density at radius 2 is 2.10 bits per heavy atom. The van der Waals surface area contributed by atoms with Gasteiger partial charge in [0.15, 0.2) is 0 Å². The van der Waals surface area contributed by atoms with Crippen molar-refractivity contribution >= 4 is 24.8 Å². The Bertz CT molecular complexity index is 401. The normalized spacial score (nSPS) is 30.8. The fourth-order valence-electron chi connectivity index (χ4n) is 3.70. The lowest BCUT2D eigenvalue weighted by Crippen LogP contribution is -2.38. The third-order valence-corrected chi connectivity index (χ3v) is 4.90. The van der Waals surface area contributed by atoms with Crippen molar-refractivity contribution in [1.29, 1.82) is 0 Å². The van der Waals surface area contributed by atoms with Crippen molar-refractivity contribution in [1.82, 2.24) is 9.88 Å². The number of aromatic nitrogens is 1. The molecular formula is C15H25Cl2N3. The molecule has 0 amide bonds. The van der Waals surface area contributed by atoms with Gasteiger partial charge < -0.3 is 5.73 Å². The molecule has 1 aromatic rings. The fraction of sp³-hybridized carbons (Fsp3) is 0.667. The van der Waals surface area contributed by atoms with Gasteiger partial charge in [-0.05, 0) is 43.2 Å². The van der Waals surface area contributed by atoms with Crippen LogP contribution in [0.3, 0.4) is 0 Å². The number of pyridine rings is 1. The smallest absolute Gasteiger partial charge is 0.0335 e. The Morgan fingerprint density at radius 1 is 1.30 bits per heavy atom. The van der Waals surface area contributed by atoms with Crippen LogP contribution in [0, 0.1) is 11.8 Å². The second kappa shape index (κ2) is 7.60. The molecule has 20 heavy (non-hydrogen) atoms. The molecule has 0 bridgehead atoms. The first-order valence-corrected chi connectivity index (χ1v) is 7.15. The van der Waals surface area contributed by atoms with Crippen LogP contribution >= 0.6 is 24.8 Å². The molecular weight excluding hydrogens is 293 g/mol. The number of fused-ring (bicyclic) bond motifs is 1. The summed E-state index contributed by atoms with van der Waals surface area (Å²) in [5, 5.41) is 0. The summed E-state index contributed by atoms with van der Waals surface area (Å²) in [5.41, 5.74) is 7.61. The molecule has 0 radical (unpaired) electrons. The lowest BCUT2D eigenvalue weighted by Gasteiger charge is -2.30. The summed E-state index contributed by atoms with van der Waals surface area (Å²) >= 11 is 0. The van der Waals surface area contributed by atoms with Gasteiger partial charge >= 0.3 is 0 Å². The highest BCUT2D eigenvalue weighted by Gasteiger charge is 2.40. The van der Waals surface area contributed by atoms with Crippen molar-refractivity contribution in [2.75, 3.05) is 13.1 Å². The summed E-state index contributed by atoms with van der Waals surface area (Å²) in [6, 6.07) is 5.10. The molecule has 1 saturated carbocycles. The molecule has 4 unspecified atom stereocenters. The molecule has 2 aliphatic rings. The van der Waals surface area contributed by atoms with Gasteiger partial charge in [-0.1, -0.05) is 12.5 Å². The van der Waals surface area contributed by atoms with Crippen molar-refractivity contribution in [3.05, 3.63) is 30.1 Å². The molecule has 3 rings (SSSR count). The standard InChI is InChI=1S/C15H23N3.2ClH/c1-11(12-5-3-7-17-8-12)18-9-13-4-2-6-15(16)14(13)10-18;;/h3,5,7-8,11,13-15H,2,4,6,9-10,16H2,1H3;2*1H. The molecule has 0 aromatic carbocycles. The van der Waals surface area contributed by atoms with Crippen LogP contribution < -0.4 is 5.73 Å². The molecule has 1 aromatic heterocycles. The fourth-order valence-corrected chi connectivity index (χ4v) is 3.70. The van der Waals surface area contributed by atoms with Gasteiger partial charge in [-0.2, -0.15) is 0 Å². The third-order valence-electron chi connectivity index (χ3n) is 4.90. The van der Waals surface area contributed by atoms with E-state index in [9.17, 15) is 0 Å². The minimum atomic E-state index is 0. The summed E-state index contributed by atoms with van der Waals surface area (Å²) in [6.07, 6.45) is 7.74. The monoisotopic (exact) mass is 317 g/mol. The highest BCUT2D eigenvalue weighted by molar-refractivity contribution is 5.85. The van der Waals surface area contributed by atoms with E-state index in [4.69, 9.17) is 5.73 Å². The van der Waals surface area contributed by atoms with Crippen LogP contribution in [0.4, 0.5) is 0 Å². The van der Waals surface area contributed by atoms with E-state index >= 15 is 0 Å². The van der Waals surface area contributed by atoms with Gasteiger partial charge in [-0.15, -0.1) is 24.8 Å². The topological polar surface area (TPSA) is 42.2 Å². The van der Waals surface area contributed by atoms with Crippen molar-refractivity contribution < 1.29 is 0 Å². The Kier molecular flexibility index (Phi) is 6.73. The molecule has 1 aliphatic carbocycles. The van der Waals surface area contributed by atoms with Crippen LogP contribution in [0.25, 0.3) is 0 Å². The molecule has 2 fully saturated rings. The molecule has 4 atom stereocenters. The Labute approximate surface area is 134 Å². The number of hydrogen-bond donors (Lipinski definition) is 1. The molecule has 114 valence electrons. The zero-order chi connectivity index (χ0) is 12.5. The number of nitrogens with zero attached hydrogens (tertiary/aromatic N) is 2. The highest BCUT2D eigenvalue weighted by atomic mass is 35.5. The van der Waals surface area contributed by atoms with Gasteiger partial charge in [0.1, 0.15) is 0 Å². The number of likely N-dealkylation sites (tertiary alicyclic amines) is 1. The minimum absolute atomic E-state index is 0. The Balaban J connectivity index is 0.000001000. The van der Waals surface area contributed by atoms with Gasteiger partial charge in [-0.3, -0.25) is 9.88 Å². The van der Waals surface area contributed by atoms with Crippen molar-refractivity contribution in [2.24, 2.45) is 17.6 Å². The predicted octanol–water partition coefficient (Wildman–Crippen LogP) is 3.05. The quantitative estimate of drug-likeness (QED) is 0.911. The van der Waals surface area contributed by atoms with E-state index in [1.807, 2.05) is 18.5 Å². The van der Waals surface area contributed by atoms with Crippen LogP contribution in [0.5, 0.6) is 0 Å². The van der Waals surface area contributed by atoms with Gasteiger partial charge in [0.05, 0.1) is 0 Å². The number of hydrogen-bond acceptors (Lipinski definition) is 3. The highest BCUT2D eigenvalue weighted by Crippen LogP contribution is 2.38. The average molecular weight is 318 g/mol. The molecule has 1 saturated heterocycles. The number of halogens is 2. The molecule has 3 nitrogen and oxygen atoms in total. The zero-order valence-corrected chi connectivity index (χ0v) is 13.6. The first-order chi connectivity index (χ1) is 8.75. The summed E-state index contributed by atoms with van der Waals surface area (Å²) in [7, 11) is 0. The van der Waals surface area contributed by atoms with E-state index in [2.05, 4.69) is 22.9 Å². The van der Waals surface area contributed by atoms with E-state index < -0.39 is 0 Å². The third kappa shape index (κ3) is 3.45. The molecule has 1 aliphatic heterocycles. The predicted molar refractivity (Wildman–Crippen MR) is 87.5 cm³/mol. The maximum absolute atomic E-state index is 6.28. The van der Waals surface area contributed by atoms with E-state index in [1.54, 1.807) is 0 Å². The summed E-state index contributed by atoms with van der Waals surface area (Å²) in [4.78, 5) is 6.83. The summed E-state index contributed by atoms with van der Waals surface area (Å²) in [5.74, 6) is 1.55. The van der Waals surface area contributed by atoms with Gasteiger partial charge in [0.25, 0.3) is 0 Å². The zero-order valence-electron chi connectivity index (χ0n) is 11.9. The van der Waals surface area contributed by atoms with Crippen LogP contribution in [0.1, 0.15) is 37.8 Å². The van der Waals surface area contributed by atoms with Gasteiger partial charge in [0.2, 0.25) is 0 Å². The van der Waals surface area contributed by atoms with Crippen LogP contribution in [-0.2, 0) is 0 Å². The lowest BCUT2D eigenvalue weighted by atomic mass is 9.78. The van der Waals surface area contributed by atoms with Crippen LogP contribution in [-0.4, -0.2) is 29.0 Å². The Hall–Kier alpha value is -0.350. The second-order valence-corrected chi connectivity index (χ2v) is 5.93. The average Bonchev–Trinajstić information content (AvgIpc) is 2.84. The summed E-state index contributed by atoms with van der Waals surface area (Å²) in [6.45, 7) is 4.68. The van der Waals surface area contributed by atoms with Gasteiger partial charge in [0, 0.05) is 37.6 Å².